The van der Waals surface area contributed by atoms with Crippen molar-refractivity contribution in [2.24, 2.45) is 5.41 Å². The zero-order chi connectivity index (χ0) is 21.5. The highest BCUT2D eigenvalue weighted by molar-refractivity contribution is 6.00. The molecule has 0 bridgehead atoms. The number of methoxy groups -OCH3 is 1. The molecule has 2 aliphatic rings. The molecule has 0 saturated heterocycles. The number of carbonyl (C=O) groups is 2. The Labute approximate surface area is 176 Å². The van der Waals surface area contributed by atoms with E-state index in [9.17, 15) is 9.59 Å². The minimum absolute atomic E-state index is 0.0565. The molecule has 8 nitrogen and oxygen atoms in total. The van der Waals surface area contributed by atoms with Crippen LogP contribution in [-0.4, -0.2) is 48.9 Å². The molecule has 1 fully saturated rings. The number of nitrogens with one attached hydrogen (secondary N) is 1. The van der Waals surface area contributed by atoms with Gasteiger partial charge in [0.25, 0.3) is 0 Å². The molecule has 1 aliphatic carbocycles. The molecule has 1 amide bonds. The number of benzene rings is 1. The number of amides is 1. The lowest BCUT2D eigenvalue weighted by atomic mass is 9.87. The molecule has 0 atom stereocenters. The van der Waals surface area contributed by atoms with Gasteiger partial charge < -0.3 is 19.9 Å². The predicted octanol–water partition coefficient (Wildman–Crippen LogP) is 3.40. The molecule has 1 saturated carbocycles. The molecule has 2 heterocycles. The van der Waals surface area contributed by atoms with E-state index in [4.69, 9.17) is 9.72 Å². The first kappa shape index (κ1) is 20.1. The minimum atomic E-state index is -0.521. The van der Waals surface area contributed by atoms with Crippen molar-refractivity contribution >= 4 is 35.3 Å². The van der Waals surface area contributed by atoms with Crippen molar-refractivity contribution in [3.8, 4) is 5.75 Å². The van der Waals surface area contributed by atoms with Crippen molar-refractivity contribution < 1.29 is 14.3 Å². The highest BCUT2D eigenvalue weighted by Crippen LogP contribution is 2.41. The SMILES string of the molecule is COc1cc(C=O)ccc1Nc1ncc2c(n1)N(C1CCC1)CC(C)(C)C(=O)N2C. The predicted molar refractivity (Wildman–Crippen MR) is 116 cm³/mol. The van der Waals surface area contributed by atoms with Crippen molar-refractivity contribution in [2.75, 3.05) is 35.8 Å². The molecule has 1 aliphatic heterocycles. The van der Waals surface area contributed by atoms with Crippen molar-refractivity contribution in [1.82, 2.24) is 9.97 Å². The molecule has 1 aromatic heterocycles. The number of aromatic nitrogens is 2. The number of fused-ring (bicyclic) bond motifs is 1. The third-order valence-corrected chi connectivity index (χ3v) is 5.96. The van der Waals surface area contributed by atoms with Gasteiger partial charge in [-0.1, -0.05) is 0 Å². The Morgan fingerprint density at radius 1 is 1.30 bits per heavy atom. The summed E-state index contributed by atoms with van der Waals surface area (Å²) in [5, 5.41) is 3.19. The van der Waals surface area contributed by atoms with Gasteiger partial charge in [0.1, 0.15) is 17.7 Å². The van der Waals surface area contributed by atoms with Gasteiger partial charge in [-0.25, -0.2) is 4.98 Å². The Morgan fingerprint density at radius 2 is 2.07 bits per heavy atom. The smallest absolute Gasteiger partial charge is 0.234 e. The summed E-state index contributed by atoms with van der Waals surface area (Å²) in [6.45, 7) is 4.58. The summed E-state index contributed by atoms with van der Waals surface area (Å²) in [4.78, 5) is 37.2. The topological polar surface area (TPSA) is 87.7 Å². The molecule has 8 heteroatoms. The standard InChI is InChI=1S/C22H27N5O3/c1-22(2)13-27(15-6-5-7-15)19-17(26(3)20(22)29)11-23-21(25-19)24-16-9-8-14(12-28)10-18(16)30-4/h8-12,15H,5-7,13H2,1-4H3,(H,23,24,25). The summed E-state index contributed by atoms with van der Waals surface area (Å²) in [5.74, 6) is 1.77. The summed E-state index contributed by atoms with van der Waals surface area (Å²) in [6, 6.07) is 5.51. The second-order valence-corrected chi connectivity index (χ2v) is 8.57. The van der Waals surface area contributed by atoms with E-state index in [-0.39, 0.29) is 5.91 Å². The summed E-state index contributed by atoms with van der Waals surface area (Å²) in [6.07, 6.45) is 5.86. The lowest BCUT2D eigenvalue weighted by molar-refractivity contribution is -0.125. The Morgan fingerprint density at radius 3 is 2.70 bits per heavy atom. The first-order chi connectivity index (χ1) is 14.3. The second-order valence-electron chi connectivity index (χ2n) is 8.57. The van der Waals surface area contributed by atoms with Crippen LogP contribution in [0.4, 0.5) is 23.1 Å². The number of carbonyl (C=O) groups excluding carboxylic acids is 2. The molecule has 0 unspecified atom stereocenters. The molecule has 30 heavy (non-hydrogen) atoms. The molecular weight excluding hydrogens is 382 g/mol. The van der Waals surface area contributed by atoms with Crippen molar-refractivity contribution in [2.45, 2.75) is 39.2 Å². The Bertz CT molecular complexity index is 987. The van der Waals surface area contributed by atoms with Crippen LogP contribution in [0.5, 0.6) is 5.75 Å². The number of rotatable bonds is 5. The molecule has 0 spiro atoms. The zero-order valence-corrected chi connectivity index (χ0v) is 17.8. The van der Waals surface area contributed by atoms with Crippen molar-refractivity contribution in [3.63, 3.8) is 0 Å². The Hall–Kier alpha value is -3.16. The second kappa shape index (κ2) is 7.59. The fraction of sp³-hybridized carbons (Fsp3) is 0.455. The fourth-order valence-electron chi connectivity index (χ4n) is 4.01. The quantitative estimate of drug-likeness (QED) is 0.757. The number of ether oxygens (including phenoxy) is 1. The van der Waals surface area contributed by atoms with Crippen LogP contribution in [-0.2, 0) is 4.79 Å². The Kier molecular flexibility index (Phi) is 5.09. The van der Waals surface area contributed by atoms with E-state index in [1.54, 1.807) is 43.5 Å². The summed E-state index contributed by atoms with van der Waals surface area (Å²) >= 11 is 0. The zero-order valence-electron chi connectivity index (χ0n) is 17.8. The third-order valence-electron chi connectivity index (χ3n) is 5.96. The van der Waals surface area contributed by atoms with Gasteiger partial charge in [0.05, 0.1) is 24.4 Å². The van der Waals surface area contributed by atoms with Gasteiger partial charge in [0, 0.05) is 25.2 Å². The van der Waals surface area contributed by atoms with Crippen LogP contribution >= 0.6 is 0 Å². The molecule has 1 aromatic carbocycles. The normalized spacial score (nSPS) is 18.3. The van der Waals surface area contributed by atoms with Crippen molar-refractivity contribution in [1.29, 1.82) is 0 Å². The van der Waals surface area contributed by atoms with Crippen LogP contribution in [0.3, 0.4) is 0 Å². The van der Waals surface area contributed by atoms with Crippen LogP contribution in [0.25, 0.3) is 0 Å². The van der Waals surface area contributed by atoms with Gasteiger partial charge in [-0.05, 0) is 51.3 Å². The average Bonchev–Trinajstić information content (AvgIpc) is 2.76. The monoisotopic (exact) mass is 409 g/mol. The lowest BCUT2D eigenvalue weighted by Gasteiger charge is -2.40. The largest absolute Gasteiger partial charge is 0.495 e. The van der Waals surface area contributed by atoms with E-state index in [0.717, 1.165) is 24.9 Å². The maximum Gasteiger partial charge on any atom is 0.234 e. The van der Waals surface area contributed by atoms with Gasteiger partial charge in [0.15, 0.2) is 5.82 Å². The maximum atomic E-state index is 13.0. The lowest BCUT2D eigenvalue weighted by Crippen LogP contribution is -2.48. The van der Waals surface area contributed by atoms with Gasteiger partial charge in [0.2, 0.25) is 11.9 Å². The van der Waals surface area contributed by atoms with E-state index >= 15 is 0 Å². The summed E-state index contributed by atoms with van der Waals surface area (Å²) in [5.41, 5.74) is 1.38. The summed E-state index contributed by atoms with van der Waals surface area (Å²) < 4.78 is 5.40. The van der Waals surface area contributed by atoms with Gasteiger partial charge >= 0.3 is 0 Å². The van der Waals surface area contributed by atoms with Gasteiger partial charge in [-0.3, -0.25) is 9.59 Å². The molecule has 1 N–H and O–H groups in total. The van der Waals surface area contributed by atoms with Gasteiger partial charge in [-0.15, -0.1) is 0 Å². The van der Waals surface area contributed by atoms with Crippen LogP contribution in [0.1, 0.15) is 43.5 Å². The first-order valence-electron chi connectivity index (χ1n) is 10.2. The molecule has 0 radical (unpaired) electrons. The number of anilines is 4. The average molecular weight is 409 g/mol. The molecular formula is C22H27N5O3. The first-order valence-corrected chi connectivity index (χ1v) is 10.2. The number of aldehydes is 1. The highest BCUT2D eigenvalue weighted by Gasteiger charge is 2.42. The van der Waals surface area contributed by atoms with E-state index in [0.29, 0.717) is 41.2 Å². The van der Waals surface area contributed by atoms with Crippen LogP contribution in [0.15, 0.2) is 24.4 Å². The van der Waals surface area contributed by atoms with E-state index < -0.39 is 5.41 Å². The molecule has 4 rings (SSSR count). The Balaban J connectivity index is 1.73. The maximum absolute atomic E-state index is 13.0. The fourth-order valence-corrected chi connectivity index (χ4v) is 4.01. The van der Waals surface area contributed by atoms with E-state index in [2.05, 4.69) is 15.2 Å². The van der Waals surface area contributed by atoms with Crippen molar-refractivity contribution in [3.05, 3.63) is 30.0 Å². The highest BCUT2D eigenvalue weighted by atomic mass is 16.5. The number of nitrogens with zero attached hydrogens (tertiary/aromatic N) is 4. The van der Waals surface area contributed by atoms with E-state index in [1.165, 1.54) is 6.42 Å². The summed E-state index contributed by atoms with van der Waals surface area (Å²) in [7, 11) is 3.33. The molecule has 158 valence electrons. The van der Waals surface area contributed by atoms with Crippen LogP contribution < -0.4 is 19.9 Å². The molecule has 2 aromatic rings. The number of hydrogen-bond donors (Lipinski definition) is 1. The number of hydrogen-bond acceptors (Lipinski definition) is 7. The minimum Gasteiger partial charge on any atom is -0.495 e. The third kappa shape index (κ3) is 3.46. The van der Waals surface area contributed by atoms with Gasteiger partial charge in [-0.2, -0.15) is 4.98 Å². The van der Waals surface area contributed by atoms with E-state index in [1.807, 2.05) is 13.8 Å². The van der Waals surface area contributed by atoms with Crippen LogP contribution in [0, 0.1) is 5.41 Å². The van der Waals surface area contributed by atoms with Crippen LogP contribution in [0.2, 0.25) is 0 Å².